The number of alkyl halides is 6. The van der Waals surface area contributed by atoms with Crippen molar-refractivity contribution in [2.24, 2.45) is 0 Å². The average Bonchev–Trinajstić information content (AvgIpc) is 3.34. The number of anilines is 2. The molecule has 5 rings (SSSR count). The highest BCUT2D eigenvalue weighted by atomic mass is 19.4. The molecule has 2 aliphatic rings. The van der Waals surface area contributed by atoms with Crippen LogP contribution in [-0.4, -0.2) is 33.7 Å². The minimum absolute atomic E-state index is 0.113. The van der Waals surface area contributed by atoms with Crippen molar-refractivity contribution in [3.05, 3.63) is 69.5 Å². The zero-order chi connectivity index (χ0) is 26.9. The van der Waals surface area contributed by atoms with Gasteiger partial charge >= 0.3 is 12.4 Å². The third-order valence-corrected chi connectivity index (χ3v) is 7.22. The van der Waals surface area contributed by atoms with Gasteiger partial charge in [0, 0.05) is 29.9 Å². The van der Waals surface area contributed by atoms with E-state index in [0.717, 1.165) is 24.4 Å². The number of rotatable bonds is 3. The summed E-state index contributed by atoms with van der Waals surface area (Å²) in [5.41, 5.74) is -5.69. The molecule has 3 aromatic rings. The molecule has 1 aliphatic carbocycles. The molecule has 2 heterocycles. The number of pyridine rings is 1. The van der Waals surface area contributed by atoms with Crippen LogP contribution in [0.1, 0.15) is 47.7 Å². The van der Waals surface area contributed by atoms with E-state index in [1.54, 1.807) is 4.90 Å². The molecule has 196 valence electrons. The van der Waals surface area contributed by atoms with E-state index in [9.17, 15) is 41.0 Å². The molecule has 2 aromatic carbocycles. The third kappa shape index (κ3) is 4.12. The fourth-order valence-corrected chi connectivity index (χ4v) is 5.35. The molecule has 1 saturated heterocycles. The van der Waals surface area contributed by atoms with Crippen LogP contribution in [0.3, 0.4) is 0 Å². The fourth-order valence-electron chi connectivity index (χ4n) is 5.35. The number of carbonyl (C=O) groups excluding carboxylic acids is 1. The SMILES string of the molecule is CC1CCC2(C[C@H]2O)N1c1ccc(NC(=O)c2c[nH]c3cccc(C(F)(F)F)c3c2=O)c(C(F)(F)F)c1. The van der Waals surface area contributed by atoms with Gasteiger partial charge in [0.05, 0.1) is 33.8 Å². The molecule has 6 nitrogen and oxygen atoms in total. The standard InChI is InChI=1S/C25H21F6N3O3/c1-12-7-8-23(10-19(23)35)34(12)13-5-6-17(16(9-13)25(29,30)31)33-22(37)14-11-32-18-4-2-3-15(24(26,27)28)20(18)21(14)36/h2-6,9,11-12,19,35H,7-8,10H2,1H3,(H,32,36)(H,33,37)/t12?,19-,23?/m1/s1. The molecular formula is C25H21F6N3O3. The highest BCUT2D eigenvalue weighted by Gasteiger charge is 2.61. The second kappa shape index (κ2) is 8.23. The molecule has 2 fully saturated rings. The van der Waals surface area contributed by atoms with Crippen molar-refractivity contribution in [2.75, 3.05) is 10.2 Å². The number of aromatic amines is 1. The van der Waals surface area contributed by atoms with Gasteiger partial charge in [-0.15, -0.1) is 0 Å². The van der Waals surface area contributed by atoms with E-state index in [4.69, 9.17) is 0 Å². The molecule has 1 amide bonds. The van der Waals surface area contributed by atoms with Crippen LogP contribution in [0.25, 0.3) is 10.9 Å². The van der Waals surface area contributed by atoms with Gasteiger partial charge in [-0.05, 0) is 50.1 Å². The van der Waals surface area contributed by atoms with E-state index < -0.39 is 63.1 Å². The molecule has 1 spiro atoms. The molecule has 3 N–H and O–H groups in total. The Kier molecular flexibility index (Phi) is 5.59. The van der Waals surface area contributed by atoms with Crippen molar-refractivity contribution in [3.63, 3.8) is 0 Å². The Morgan fingerprint density at radius 2 is 1.78 bits per heavy atom. The first kappa shape index (κ1) is 25.1. The van der Waals surface area contributed by atoms with Crippen LogP contribution >= 0.6 is 0 Å². The van der Waals surface area contributed by atoms with E-state index in [-0.39, 0.29) is 17.2 Å². The van der Waals surface area contributed by atoms with Crippen LogP contribution < -0.4 is 15.6 Å². The van der Waals surface area contributed by atoms with Crippen LogP contribution in [0.2, 0.25) is 0 Å². The van der Waals surface area contributed by atoms with E-state index >= 15 is 0 Å². The van der Waals surface area contributed by atoms with E-state index in [0.29, 0.717) is 25.3 Å². The van der Waals surface area contributed by atoms with Crippen molar-refractivity contribution < 1.29 is 36.2 Å². The van der Waals surface area contributed by atoms with Gasteiger partial charge in [-0.1, -0.05) is 6.07 Å². The lowest BCUT2D eigenvalue weighted by atomic mass is 10.0. The fraction of sp³-hybridized carbons (Fsp3) is 0.360. The topological polar surface area (TPSA) is 85.4 Å². The summed E-state index contributed by atoms with van der Waals surface area (Å²) in [4.78, 5) is 29.9. The van der Waals surface area contributed by atoms with Crippen LogP contribution in [0.5, 0.6) is 0 Å². The number of carbonyl (C=O) groups is 1. The number of hydrogen-bond donors (Lipinski definition) is 3. The van der Waals surface area contributed by atoms with Crippen LogP contribution in [0, 0.1) is 0 Å². The number of fused-ring (bicyclic) bond motifs is 1. The number of H-pyrrole nitrogens is 1. The molecule has 1 aromatic heterocycles. The number of halogens is 6. The molecule has 0 bridgehead atoms. The third-order valence-electron chi connectivity index (χ3n) is 7.22. The Morgan fingerprint density at radius 3 is 2.41 bits per heavy atom. The normalized spacial score (nSPS) is 23.6. The van der Waals surface area contributed by atoms with Gasteiger partial charge < -0.3 is 20.3 Å². The van der Waals surface area contributed by atoms with Crippen molar-refractivity contribution in [1.29, 1.82) is 0 Å². The minimum Gasteiger partial charge on any atom is -0.391 e. The maximum atomic E-state index is 14.0. The van der Waals surface area contributed by atoms with Gasteiger partial charge in [0.2, 0.25) is 5.43 Å². The Hall–Kier alpha value is -3.54. The summed E-state index contributed by atoms with van der Waals surface area (Å²) >= 11 is 0. The number of aromatic nitrogens is 1. The van der Waals surface area contributed by atoms with E-state index in [2.05, 4.69) is 4.98 Å². The Labute approximate surface area is 205 Å². The summed E-state index contributed by atoms with van der Waals surface area (Å²) in [6.45, 7) is 1.85. The van der Waals surface area contributed by atoms with Crippen LogP contribution in [0.15, 0.2) is 47.4 Å². The number of benzene rings is 2. The van der Waals surface area contributed by atoms with Crippen LogP contribution in [0.4, 0.5) is 37.7 Å². The van der Waals surface area contributed by atoms with Crippen molar-refractivity contribution in [1.82, 2.24) is 4.98 Å². The zero-order valence-corrected chi connectivity index (χ0v) is 19.3. The van der Waals surface area contributed by atoms with Crippen LogP contribution in [-0.2, 0) is 12.4 Å². The van der Waals surface area contributed by atoms with Gasteiger partial charge in [-0.25, -0.2) is 0 Å². The Morgan fingerprint density at radius 1 is 1.11 bits per heavy atom. The number of nitrogens with one attached hydrogen (secondary N) is 2. The first-order valence-electron chi connectivity index (χ1n) is 11.5. The number of amides is 1. The summed E-state index contributed by atoms with van der Waals surface area (Å²) in [6, 6.07) is 6.17. The highest BCUT2D eigenvalue weighted by Crippen LogP contribution is 2.54. The molecule has 12 heteroatoms. The molecule has 1 aliphatic heterocycles. The first-order chi connectivity index (χ1) is 17.2. The summed E-state index contributed by atoms with van der Waals surface area (Å²) in [6.07, 6.45) is -7.78. The minimum atomic E-state index is -4.89. The molecule has 2 unspecified atom stereocenters. The Bertz CT molecular complexity index is 1460. The second-order valence-corrected chi connectivity index (χ2v) is 9.52. The lowest BCUT2D eigenvalue weighted by Gasteiger charge is -2.32. The zero-order valence-electron chi connectivity index (χ0n) is 19.3. The largest absolute Gasteiger partial charge is 0.418 e. The van der Waals surface area contributed by atoms with Gasteiger partial charge in [-0.3, -0.25) is 9.59 Å². The predicted octanol–water partition coefficient (Wildman–Crippen LogP) is 5.31. The van der Waals surface area contributed by atoms with Gasteiger partial charge in [0.25, 0.3) is 5.91 Å². The number of aliphatic hydroxyl groups excluding tert-OH is 1. The first-order valence-corrected chi connectivity index (χ1v) is 11.5. The molecular weight excluding hydrogens is 504 g/mol. The average molecular weight is 525 g/mol. The lowest BCUT2D eigenvalue weighted by Crippen LogP contribution is -2.39. The highest BCUT2D eigenvalue weighted by molar-refractivity contribution is 6.06. The molecule has 0 radical (unpaired) electrons. The quantitative estimate of drug-likeness (QED) is 0.405. The van der Waals surface area contributed by atoms with Gasteiger partial charge in [0.1, 0.15) is 5.56 Å². The second-order valence-electron chi connectivity index (χ2n) is 9.52. The summed E-state index contributed by atoms with van der Waals surface area (Å²) in [7, 11) is 0. The molecule has 3 atom stereocenters. The van der Waals surface area contributed by atoms with Gasteiger partial charge in [-0.2, -0.15) is 26.3 Å². The molecule has 37 heavy (non-hydrogen) atoms. The van der Waals surface area contributed by atoms with E-state index in [1.807, 2.05) is 12.2 Å². The number of aliphatic hydroxyl groups is 1. The molecule has 1 saturated carbocycles. The smallest absolute Gasteiger partial charge is 0.391 e. The maximum absolute atomic E-state index is 14.0. The summed E-state index contributed by atoms with van der Waals surface area (Å²) in [5, 5.41) is 11.4. The van der Waals surface area contributed by atoms with Crippen molar-refractivity contribution >= 4 is 28.2 Å². The van der Waals surface area contributed by atoms with E-state index in [1.165, 1.54) is 12.1 Å². The monoisotopic (exact) mass is 525 g/mol. The number of nitrogens with zero attached hydrogens (tertiary/aromatic N) is 1. The summed E-state index contributed by atoms with van der Waals surface area (Å²) in [5.74, 6) is -1.29. The Balaban J connectivity index is 1.53. The lowest BCUT2D eigenvalue weighted by molar-refractivity contribution is -0.137. The number of hydrogen-bond acceptors (Lipinski definition) is 4. The van der Waals surface area contributed by atoms with Crippen molar-refractivity contribution in [2.45, 2.75) is 56.2 Å². The summed E-state index contributed by atoms with van der Waals surface area (Å²) < 4.78 is 82.4. The van der Waals surface area contributed by atoms with Gasteiger partial charge in [0.15, 0.2) is 0 Å². The van der Waals surface area contributed by atoms with Crippen molar-refractivity contribution in [3.8, 4) is 0 Å². The maximum Gasteiger partial charge on any atom is 0.418 e. The predicted molar refractivity (Wildman–Crippen MR) is 123 cm³/mol.